The molecule has 0 aromatic heterocycles. The first-order chi connectivity index (χ1) is 8.74. The van der Waals surface area contributed by atoms with Crippen molar-refractivity contribution in [3.63, 3.8) is 0 Å². The van der Waals surface area contributed by atoms with E-state index in [0.29, 0.717) is 0 Å². The lowest BCUT2D eigenvalue weighted by Crippen LogP contribution is -2.39. The van der Waals surface area contributed by atoms with Crippen molar-refractivity contribution in [1.29, 1.82) is 5.26 Å². The molecule has 3 nitrogen and oxygen atoms in total. The molecule has 0 heterocycles. The monoisotopic (exact) mass is 260 g/mol. The Balaban J connectivity index is 3.15. The first-order valence-electron chi connectivity index (χ1n) is 6.50. The van der Waals surface area contributed by atoms with E-state index in [0.717, 1.165) is 17.9 Å². The van der Waals surface area contributed by atoms with Crippen molar-refractivity contribution in [2.45, 2.75) is 46.7 Å². The van der Waals surface area contributed by atoms with Crippen molar-refractivity contribution < 1.29 is 4.74 Å². The summed E-state index contributed by atoms with van der Waals surface area (Å²) in [6, 6.07) is 4.49. The second-order valence-electron chi connectivity index (χ2n) is 5.66. The standard InChI is InChI=1S/C16H24N2O/c1-11-8-14(9-18(6)16(4,5)10-17)12(2)13(3)15(11)19-7/h8H,9H2,1-7H3. The highest BCUT2D eigenvalue weighted by Gasteiger charge is 2.23. The number of benzene rings is 1. The molecular formula is C16H24N2O. The highest BCUT2D eigenvalue weighted by Crippen LogP contribution is 2.29. The number of rotatable bonds is 4. The van der Waals surface area contributed by atoms with Crippen LogP contribution in [-0.2, 0) is 6.54 Å². The maximum atomic E-state index is 9.19. The molecule has 0 bridgehead atoms. The Morgan fingerprint density at radius 3 is 2.32 bits per heavy atom. The Labute approximate surface area is 116 Å². The molecule has 19 heavy (non-hydrogen) atoms. The maximum absolute atomic E-state index is 9.19. The molecular weight excluding hydrogens is 236 g/mol. The van der Waals surface area contributed by atoms with E-state index in [1.54, 1.807) is 7.11 Å². The van der Waals surface area contributed by atoms with Crippen LogP contribution in [0.5, 0.6) is 5.75 Å². The third-order valence-corrected chi connectivity index (χ3v) is 3.97. The van der Waals surface area contributed by atoms with Crippen LogP contribution in [0.2, 0.25) is 0 Å². The fourth-order valence-corrected chi connectivity index (χ4v) is 2.16. The van der Waals surface area contributed by atoms with E-state index in [1.165, 1.54) is 16.7 Å². The van der Waals surface area contributed by atoms with Crippen LogP contribution in [0, 0.1) is 32.1 Å². The van der Waals surface area contributed by atoms with E-state index in [9.17, 15) is 5.26 Å². The molecule has 0 aliphatic rings. The topological polar surface area (TPSA) is 36.3 Å². The van der Waals surface area contributed by atoms with Gasteiger partial charge in [-0.2, -0.15) is 5.26 Å². The smallest absolute Gasteiger partial charge is 0.124 e. The highest BCUT2D eigenvalue weighted by atomic mass is 16.5. The Hall–Kier alpha value is -1.53. The Morgan fingerprint density at radius 2 is 1.84 bits per heavy atom. The van der Waals surface area contributed by atoms with Crippen LogP contribution in [0.1, 0.15) is 36.1 Å². The van der Waals surface area contributed by atoms with Crippen molar-refractivity contribution in [2.24, 2.45) is 0 Å². The second-order valence-corrected chi connectivity index (χ2v) is 5.66. The minimum absolute atomic E-state index is 0.464. The fraction of sp³-hybridized carbons (Fsp3) is 0.562. The normalized spacial score (nSPS) is 11.5. The molecule has 1 aromatic carbocycles. The first kappa shape index (κ1) is 15.5. The third-order valence-electron chi connectivity index (χ3n) is 3.97. The van der Waals surface area contributed by atoms with E-state index in [4.69, 9.17) is 4.74 Å². The van der Waals surface area contributed by atoms with Gasteiger partial charge >= 0.3 is 0 Å². The van der Waals surface area contributed by atoms with E-state index in [2.05, 4.69) is 37.8 Å². The van der Waals surface area contributed by atoms with Gasteiger partial charge in [0.05, 0.1) is 13.2 Å². The minimum atomic E-state index is -0.464. The van der Waals surface area contributed by atoms with Crippen LogP contribution in [0.3, 0.4) is 0 Å². The number of hydrogen-bond donors (Lipinski definition) is 0. The summed E-state index contributed by atoms with van der Waals surface area (Å²) in [5.41, 5.74) is 4.35. The summed E-state index contributed by atoms with van der Waals surface area (Å²) in [7, 11) is 3.69. The van der Waals surface area contributed by atoms with Crippen LogP contribution in [0.4, 0.5) is 0 Å². The zero-order chi connectivity index (χ0) is 14.8. The fourth-order valence-electron chi connectivity index (χ4n) is 2.16. The lowest BCUT2D eigenvalue weighted by atomic mass is 9.96. The van der Waals surface area contributed by atoms with Gasteiger partial charge in [-0.15, -0.1) is 0 Å². The second kappa shape index (κ2) is 5.63. The van der Waals surface area contributed by atoms with Gasteiger partial charge < -0.3 is 4.74 Å². The largest absolute Gasteiger partial charge is 0.496 e. The molecule has 0 spiro atoms. The lowest BCUT2D eigenvalue weighted by molar-refractivity contribution is 0.202. The number of hydrogen-bond acceptors (Lipinski definition) is 3. The minimum Gasteiger partial charge on any atom is -0.496 e. The molecule has 0 saturated carbocycles. The molecule has 0 N–H and O–H groups in total. The molecule has 1 aromatic rings. The van der Waals surface area contributed by atoms with Gasteiger partial charge in [0.2, 0.25) is 0 Å². The van der Waals surface area contributed by atoms with Crippen molar-refractivity contribution in [2.75, 3.05) is 14.2 Å². The van der Waals surface area contributed by atoms with Gasteiger partial charge in [-0.05, 0) is 63.9 Å². The Bertz CT molecular complexity index is 512. The van der Waals surface area contributed by atoms with Gasteiger partial charge in [0.1, 0.15) is 11.3 Å². The molecule has 0 fully saturated rings. The van der Waals surface area contributed by atoms with E-state index < -0.39 is 5.54 Å². The molecule has 0 aliphatic heterocycles. The van der Waals surface area contributed by atoms with E-state index in [-0.39, 0.29) is 0 Å². The molecule has 0 aliphatic carbocycles. The zero-order valence-electron chi connectivity index (χ0n) is 13.1. The van der Waals surface area contributed by atoms with Gasteiger partial charge in [-0.25, -0.2) is 0 Å². The SMILES string of the molecule is COc1c(C)cc(CN(C)C(C)(C)C#N)c(C)c1C. The maximum Gasteiger partial charge on any atom is 0.124 e. The van der Waals surface area contributed by atoms with Crippen molar-refractivity contribution >= 4 is 0 Å². The van der Waals surface area contributed by atoms with Gasteiger partial charge in [-0.3, -0.25) is 4.90 Å². The Kier molecular flexibility index (Phi) is 4.60. The van der Waals surface area contributed by atoms with Crippen LogP contribution >= 0.6 is 0 Å². The number of ether oxygens (including phenoxy) is 1. The van der Waals surface area contributed by atoms with Crippen LogP contribution in [-0.4, -0.2) is 24.6 Å². The summed E-state index contributed by atoms with van der Waals surface area (Å²) in [5.74, 6) is 0.962. The summed E-state index contributed by atoms with van der Waals surface area (Å²) in [6.45, 7) is 10.9. The average Bonchev–Trinajstić information content (AvgIpc) is 2.36. The van der Waals surface area contributed by atoms with Gasteiger partial charge in [-0.1, -0.05) is 6.07 Å². The van der Waals surface area contributed by atoms with Crippen molar-refractivity contribution in [3.8, 4) is 11.8 Å². The number of aryl methyl sites for hydroxylation is 1. The predicted molar refractivity (Wildman–Crippen MR) is 78.4 cm³/mol. The number of methoxy groups -OCH3 is 1. The first-order valence-corrected chi connectivity index (χ1v) is 6.50. The summed E-state index contributed by atoms with van der Waals surface area (Å²) in [6.07, 6.45) is 0. The molecule has 104 valence electrons. The summed E-state index contributed by atoms with van der Waals surface area (Å²) in [5, 5.41) is 9.19. The van der Waals surface area contributed by atoms with Gasteiger partial charge in [0.25, 0.3) is 0 Å². The lowest BCUT2D eigenvalue weighted by Gasteiger charge is -2.30. The third kappa shape index (κ3) is 3.08. The van der Waals surface area contributed by atoms with Crippen LogP contribution in [0.15, 0.2) is 6.07 Å². The average molecular weight is 260 g/mol. The molecule has 0 radical (unpaired) electrons. The molecule has 3 heteroatoms. The highest BCUT2D eigenvalue weighted by molar-refractivity contribution is 5.49. The molecule has 1 rings (SSSR count). The predicted octanol–water partition coefficient (Wildman–Crippen LogP) is 3.35. The summed E-state index contributed by atoms with van der Waals surface area (Å²) < 4.78 is 5.44. The van der Waals surface area contributed by atoms with Gasteiger partial charge in [0, 0.05) is 6.54 Å². The number of nitriles is 1. The number of nitrogens with zero attached hydrogens (tertiary/aromatic N) is 2. The van der Waals surface area contributed by atoms with Crippen molar-refractivity contribution in [1.82, 2.24) is 4.90 Å². The van der Waals surface area contributed by atoms with Crippen LogP contribution < -0.4 is 4.74 Å². The van der Waals surface area contributed by atoms with Gasteiger partial charge in [0.15, 0.2) is 0 Å². The molecule has 0 saturated heterocycles. The molecule has 0 atom stereocenters. The quantitative estimate of drug-likeness (QED) is 0.833. The van der Waals surface area contributed by atoms with Crippen LogP contribution in [0.25, 0.3) is 0 Å². The molecule has 0 amide bonds. The summed E-state index contributed by atoms with van der Waals surface area (Å²) in [4.78, 5) is 2.07. The summed E-state index contributed by atoms with van der Waals surface area (Å²) >= 11 is 0. The zero-order valence-corrected chi connectivity index (χ0v) is 13.1. The van der Waals surface area contributed by atoms with E-state index in [1.807, 2.05) is 20.9 Å². The molecule has 0 unspecified atom stereocenters. The Morgan fingerprint density at radius 1 is 1.26 bits per heavy atom. The van der Waals surface area contributed by atoms with E-state index >= 15 is 0 Å². The van der Waals surface area contributed by atoms with Crippen molar-refractivity contribution in [3.05, 3.63) is 28.3 Å².